The van der Waals surface area contributed by atoms with Crippen LogP contribution in [0.25, 0.3) is 0 Å². The normalized spacial score (nSPS) is 18.6. The molecule has 1 unspecified atom stereocenters. The van der Waals surface area contributed by atoms with Crippen molar-refractivity contribution in [2.45, 2.75) is 39.0 Å². The summed E-state index contributed by atoms with van der Waals surface area (Å²) in [5, 5.41) is 0. The number of benzene rings is 1. The zero-order chi connectivity index (χ0) is 12.3. The molecule has 0 N–H and O–H groups in total. The molecule has 17 heavy (non-hydrogen) atoms. The molecule has 2 rings (SSSR count). The van der Waals surface area contributed by atoms with E-state index in [1.807, 2.05) is 0 Å². The van der Waals surface area contributed by atoms with Crippen molar-refractivity contribution < 1.29 is 4.79 Å². The van der Waals surface area contributed by atoms with E-state index in [2.05, 4.69) is 36.9 Å². The number of carbonyl (C=O) groups excluding carboxylic acids is 1. The zero-order valence-corrected chi connectivity index (χ0v) is 10.8. The number of aldehydes is 1. The van der Waals surface area contributed by atoms with Crippen LogP contribution in [0.3, 0.4) is 0 Å². The van der Waals surface area contributed by atoms with Gasteiger partial charge in [-0.1, -0.05) is 12.1 Å². The predicted molar refractivity (Wildman–Crippen MR) is 71.7 cm³/mol. The van der Waals surface area contributed by atoms with Crippen molar-refractivity contribution in [3.8, 4) is 0 Å². The van der Waals surface area contributed by atoms with Crippen LogP contribution in [0.1, 0.15) is 43.7 Å². The van der Waals surface area contributed by atoms with Gasteiger partial charge in [0.05, 0.1) is 0 Å². The summed E-state index contributed by atoms with van der Waals surface area (Å²) < 4.78 is 0. The van der Waals surface area contributed by atoms with Crippen LogP contribution >= 0.6 is 0 Å². The summed E-state index contributed by atoms with van der Waals surface area (Å²) in [6.07, 6.45) is 4.40. The van der Waals surface area contributed by atoms with E-state index >= 15 is 0 Å². The molecule has 1 aliphatic rings. The van der Waals surface area contributed by atoms with Crippen molar-refractivity contribution in [1.29, 1.82) is 0 Å². The first-order chi connectivity index (χ1) is 8.31. The van der Waals surface area contributed by atoms with Crippen LogP contribution in [0.15, 0.2) is 18.2 Å². The highest BCUT2D eigenvalue weighted by Crippen LogP contribution is 2.37. The molecule has 2 heteroatoms. The van der Waals surface area contributed by atoms with Crippen molar-refractivity contribution in [3.05, 3.63) is 29.3 Å². The number of hydrogen-bond acceptors (Lipinski definition) is 2. The van der Waals surface area contributed by atoms with Gasteiger partial charge in [-0.3, -0.25) is 0 Å². The SMILES string of the molecule is CCN(CC)c1cccc2c1C(C=O)CCC2. The van der Waals surface area contributed by atoms with Gasteiger partial charge in [0.1, 0.15) is 6.29 Å². The maximum atomic E-state index is 11.3. The van der Waals surface area contributed by atoms with E-state index in [-0.39, 0.29) is 5.92 Å². The molecule has 1 atom stereocenters. The molecule has 0 aromatic heterocycles. The Labute approximate surface area is 104 Å². The van der Waals surface area contributed by atoms with E-state index in [0.29, 0.717) is 0 Å². The highest BCUT2D eigenvalue weighted by atomic mass is 16.1. The largest absolute Gasteiger partial charge is 0.372 e. The van der Waals surface area contributed by atoms with Gasteiger partial charge in [0, 0.05) is 24.7 Å². The molecular formula is C15H21NO. The van der Waals surface area contributed by atoms with E-state index in [4.69, 9.17) is 0 Å². The van der Waals surface area contributed by atoms with Gasteiger partial charge in [-0.05, 0) is 50.3 Å². The maximum Gasteiger partial charge on any atom is 0.127 e. The van der Waals surface area contributed by atoms with Crippen molar-refractivity contribution in [1.82, 2.24) is 0 Å². The lowest BCUT2D eigenvalue weighted by molar-refractivity contribution is -0.109. The Morgan fingerprint density at radius 2 is 2.12 bits per heavy atom. The van der Waals surface area contributed by atoms with Gasteiger partial charge in [0.2, 0.25) is 0 Å². The lowest BCUT2D eigenvalue weighted by atomic mass is 9.82. The van der Waals surface area contributed by atoms with Gasteiger partial charge in [-0.15, -0.1) is 0 Å². The molecule has 0 amide bonds. The minimum Gasteiger partial charge on any atom is -0.372 e. The van der Waals surface area contributed by atoms with Gasteiger partial charge in [0.25, 0.3) is 0 Å². The molecule has 0 bridgehead atoms. The molecule has 0 saturated heterocycles. The standard InChI is InChI=1S/C15H21NO/c1-3-16(4-2)14-10-6-8-12-7-5-9-13(11-17)15(12)14/h6,8,10-11,13H,3-5,7,9H2,1-2H3. The summed E-state index contributed by atoms with van der Waals surface area (Å²) in [6, 6.07) is 6.46. The molecule has 1 aromatic rings. The van der Waals surface area contributed by atoms with Gasteiger partial charge in [0.15, 0.2) is 0 Å². The second kappa shape index (κ2) is 5.35. The van der Waals surface area contributed by atoms with E-state index in [0.717, 1.165) is 38.6 Å². The number of rotatable bonds is 4. The van der Waals surface area contributed by atoms with Gasteiger partial charge in [-0.25, -0.2) is 0 Å². The van der Waals surface area contributed by atoms with Crippen LogP contribution in [0.5, 0.6) is 0 Å². The zero-order valence-electron chi connectivity index (χ0n) is 10.8. The summed E-state index contributed by atoms with van der Waals surface area (Å²) in [5.41, 5.74) is 3.93. The van der Waals surface area contributed by atoms with Crippen LogP contribution < -0.4 is 4.90 Å². The summed E-state index contributed by atoms with van der Waals surface area (Å²) in [6.45, 7) is 6.33. The van der Waals surface area contributed by atoms with Crippen molar-refractivity contribution in [2.24, 2.45) is 0 Å². The van der Waals surface area contributed by atoms with E-state index in [1.54, 1.807) is 0 Å². The fourth-order valence-electron chi connectivity index (χ4n) is 2.88. The summed E-state index contributed by atoms with van der Waals surface area (Å²) >= 11 is 0. The van der Waals surface area contributed by atoms with E-state index < -0.39 is 0 Å². The van der Waals surface area contributed by atoms with E-state index in [9.17, 15) is 4.79 Å². The number of fused-ring (bicyclic) bond motifs is 1. The third-order valence-corrected chi connectivity index (χ3v) is 3.77. The minimum atomic E-state index is 0.107. The molecule has 0 fully saturated rings. The first-order valence-corrected chi connectivity index (χ1v) is 6.63. The van der Waals surface area contributed by atoms with Crippen molar-refractivity contribution in [3.63, 3.8) is 0 Å². The average molecular weight is 231 g/mol. The monoisotopic (exact) mass is 231 g/mol. The fraction of sp³-hybridized carbons (Fsp3) is 0.533. The smallest absolute Gasteiger partial charge is 0.127 e. The third-order valence-electron chi connectivity index (χ3n) is 3.77. The molecule has 0 radical (unpaired) electrons. The number of nitrogens with zero attached hydrogens (tertiary/aromatic N) is 1. The molecule has 0 heterocycles. The van der Waals surface area contributed by atoms with E-state index in [1.165, 1.54) is 16.8 Å². The third kappa shape index (κ3) is 2.21. The van der Waals surface area contributed by atoms with Gasteiger partial charge < -0.3 is 9.69 Å². The maximum absolute atomic E-state index is 11.3. The molecule has 2 nitrogen and oxygen atoms in total. The van der Waals surface area contributed by atoms with Crippen LogP contribution in [0.4, 0.5) is 5.69 Å². The summed E-state index contributed by atoms with van der Waals surface area (Å²) in [5.74, 6) is 0.107. The quantitative estimate of drug-likeness (QED) is 0.742. The topological polar surface area (TPSA) is 20.3 Å². The Balaban J connectivity index is 2.49. The fourth-order valence-corrected chi connectivity index (χ4v) is 2.88. The first kappa shape index (κ1) is 12.2. The molecule has 92 valence electrons. The van der Waals surface area contributed by atoms with Gasteiger partial charge in [-0.2, -0.15) is 0 Å². The Kier molecular flexibility index (Phi) is 3.82. The number of anilines is 1. The highest BCUT2D eigenvalue weighted by molar-refractivity contribution is 5.71. The van der Waals surface area contributed by atoms with Crippen molar-refractivity contribution >= 4 is 12.0 Å². The number of carbonyl (C=O) groups is 1. The Bertz CT molecular complexity index is 396. The molecule has 0 aliphatic heterocycles. The number of aryl methyl sites for hydroxylation is 1. The molecular weight excluding hydrogens is 210 g/mol. The Morgan fingerprint density at radius 3 is 2.76 bits per heavy atom. The number of hydrogen-bond donors (Lipinski definition) is 0. The van der Waals surface area contributed by atoms with Crippen LogP contribution in [0, 0.1) is 0 Å². The summed E-state index contributed by atoms with van der Waals surface area (Å²) in [7, 11) is 0. The van der Waals surface area contributed by atoms with Crippen molar-refractivity contribution in [2.75, 3.05) is 18.0 Å². The predicted octanol–water partition coefficient (Wildman–Crippen LogP) is 3.15. The minimum absolute atomic E-state index is 0.107. The summed E-state index contributed by atoms with van der Waals surface area (Å²) in [4.78, 5) is 13.6. The molecule has 0 spiro atoms. The first-order valence-electron chi connectivity index (χ1n) is 6.63. The lowest BCUT2D eigenvalue weighted by Crippen LogP contribution is -2.25. The molecule has 0 saturated carbocycles. The second-order valence-electron chi connectivity index (χ2n) is 4.66. The van der Waals surface area contributed by atoms with Crippen LogP contribution in [-0.4, -0.2) is 19.4 Å². The lowest BCUT2D eigenvalue weighted by Gasteiger charge is -2.30. The molecule has 1 aromatic carbocycles. The second-order valence-corrected chi connectivity index (χ2v) is 4.66. The molecule has 1 aliphatic carbocycles. The highest BCUT2D eigenvalue weighted by Gasteiger charge is 2.24. The Morgan fingerprint density at radius 1 is 1.35 bits per heavy atom. The van der Waals surface area contributed by atoms with Crippen LogP contribution in [-0.2, 0) is 11.2 Å². The average Bonchev–Trinajstić information content (AvgIpc) is 2.39. The Hall–Kier alpha value is -1.31. The van der Waals surface area contributed by atoms with Gasteiger partial charge >= 0.3 is 0 Å². The van der Waals surface area contributed by atoms with Crippen LogP contribution in [0.2, 0.25) is 0 Å².